The highest BCUT2D eigenvalue weighted by atomic mass is 35.5. The summed E-state index contributed by atoms with van der Waals surface area (Å²) in [6.45, 7) is 5.63. The van der Waals surface area contributed by atoms with Gasteiger partial charge >= 0.3 is 0 Å². The van der Waals surface area contributed by atoms with E-state index in [2.05, 4.69) is 40.7 Å². The summed E-state index contributed by atoms with van der Waals surface area (Å²) in [5.74, 6) is 0.993. The van der Waals surface area contributed by atoms with Crippen LogP contribution in [0.1, 0.15) is 44.7 Å². The zero-order valence-corrected chi connectivity index (χ0v) is 19.7. The van der Waals surface area contributed by atoms with Gasteiger partial charge in [-0.1, -0.05) is 30.7 Å². The average molecular weight is 456 g/mol. The first-order valence-electron chi connectivity index (χ1n) is 11.9. The fourth-order valence-electron chi connectivity index (χ4n) is 4.67. The molecule has 0 unspecified atom stereocenters. The molecule has 3 heterocycles. The molecule has 32 heavy (non-hydrogen) atoms. The van der Waals surface area contributed by atoms with Crippen LogP contribution in [0.4, 0.5) is 5.69 Å². The number of nitrogens with one attached hydrogen (secondary N) is 2. The van der Waals surface area contributed by atoms with E-state index >= 15 is 0 Å². The molecule has 0 spiro atoms. The van der Waals surface area contributed by atoms with E-state index in [9.17, 15) is 4.79 Å². The Hall–Kier alpha value is -1.95. The molecule has 4 rings (SSSR count). The molecule has 1 aromatic carbocycles. The number of anilines is 1. The monoisotopic (exact) mass is 455 g/mol. The van der Waals surface area contributed by atoms with E-state index in [-0.39, 0.29) is 11.7 Å². The van der Waals surface area contributed by atoms with Crippen molar-refractivity contribution in [2.45, 2.75) is 51.5 Å². The van der Waals surface area contributed by atoms with E-state index in [0.29, 0.717) is 23.4 Å². The molecule has 2 aliphatic rings. The maximum atomic E-state index is 12.9. The molecule has 2 atom stereocenters. The van der Waals surface area contributed by atoms with Crippen LogP contribution in [0, 0.1) is 11.8 Å². The number of piperidine rings is 1. The van der Waals surface area contributed by atoms with Gasteiger partial charge in [0.25, 0.3) is 0 Å². The molecule has 6 heteroatoms. The summed E-state index contributed by atoms with van der Waals surface area (Å²) in [5.41, 5.74) is 3.83. The average Bonchev–Trinajstić information content (AvgIpc) is 2.85. The van der Waals surface area contributed by atoms with E-state index in [1.807, 2.05) is 12.1 Å². The molecule has 0 aliphatic carbocycles. The number of hydrogen-bond donors (Lipinski definition) is 2. The van der Waals surface area contributed by atoms with E-state index in [1.54, 1.807) is 6.20 Å². The van der Waals surface area contributed by atoms with Crippen molar-refractivity contribution in [2.75, 3.05) is 31.6 Å². The van der Waals surface area contributed by atoms with Gasteiger partial charge in [-0.2, -0.15) is 0 Å². The second kappa shape index (κ2) is 11.3. The number of halogens is 1. The zero-order valence-electron chi connectivity index (χ0n) is 18.9. The Bertz CT molecular complexity index is 906. The number of ketones is 1. The fraction of sp³-hybridized carbons (Fsp3) is 0.538. The van der Waals surface area contributed by atoms with Crippen molar-refractivity contribution < 1.29 is 9.53 Å². The molecule has 0 bridgehead atoms. The Kier molecular flexibility index (Phi) is 8.17. The number of nitrogens with zero attached hydrogens (tertiary/aromatic N) is 1. The lowest BCUT2D eigenvalue weighted by Gasteiger charge is -2.28. The highest BCUT2D eigenvalue weighted by Crippen LogP contribution is 2.30. The van der Waals surface area contributed by atoms with Crippen molar-refractivity contribution in [1.29, 1.82) is 0 Å². The molecule has 2 N–H and O–H groups in total. The minimum Gasteiger partial charge on any atom is -0.385 e. The predicted molar refractivity (Wildman–Crippen MR) is 130 cm³/mol. The molecule has 0 radical (unpaired) electrons. The molecule has 5 nitrogen and oxygen atoms in total. The number of ether oxygens (including phenoxy) is 1. The van der Waals surface area contributed by atoms with Gasteiger partial charge in [-0.3, -0.25) is 9.78 Å². The molecule has 172 valence electrons. The Balaban J connectivity index is 1.41. The van der Waals surface area contributed by atoms with Crippen molar-refractivity contribution in [1.82, 2.24) is 10.3 Å². The SMILES string of the molecule is CC[C@H]1CC[C@@H](C(=O)Cc2cc(-c3cccc(NCC4CCOCC4)c3)c(Cl)cn2)CN1. The van der Waals surface area contributed by atoms with Crippen molar-refractivity contribution in [3.63, 3.8) is 0 Å². The summed E-state index contributed by atoms with van der Waals surface area (Å²) in [6.07, 6.45) is 7.39. The predicted octanol–water partition coefficient (Wildman–Crippen LogP) is 5.13. The molecule has 2 saturated heterocycles. The second-order valence-electron chi connectivity index (χ2n) is 9.10. The van der Waals surface area contributed by atoms with Crippen LogP contribution < -0.4 is 10.6 Å². The molecule has 0 amide bonds. The van der Waals surface area contributed by atoms with Crippen LogP contribution in [-0.4, -0.2) is 43.1 Å². The highest BCUT2D eigenvalue weighted by molar-refractivity contribution is 6.33. The molecule has 2 aliphatic heterocycles. The standard InChI is InChI=1S/C26H34ClN3O2/c1-2-21-7-6-20(16-29-21)26(31)14-23-13-24(25(27)17-30-23)19-4-3-5-22(12-19)28-15-18-8-10-32-11-9-18/h3-5,12-13,17-18,20-21,28-29H,2,6-11,14-16H2,1H3/t20-,21+/m1/s1. The molecular formula is C26H34ClN3O2. The van der Waals surface area contributed by atoms with E-state index in [4.69, 9.17) is 16.3 Å². The Labute approximate surface area is 196 Å². The molecule has 1 aromatic heterocycles. The summed E-state index contributed by atoms with van der Waals surface area (Å²) >= 11 is 6.51. The van der Waals surface area contributed by atoms with Gasteiger partial charge in [-0.05, 0) is 61.8 Å². The minimum atomic E-state index is 0.0800. The lowest BCUT2D eigenvalue weighted by atomic mass is 9.88. The van der Waals surface area contributed by atoms with Crippen molar-refractivity contribution in [2.24, 2.45) is 11.8 Å². The van der Waals surface area contributed by atoms with Crippen LogP contribution in [0.5, 0.6) is 0 Å². The lowest BCUT2D eigenvalue weighted by molar-refractivity contribution is -0.122. The third-order valence-electron chi connectivity index (χ3n) is 6.84. The van der Waals surface area contributed by atoms with Crippen LogP contribution >= 0.6 is 11.6 Å². The maximum absolute atomic E-state index is 12.9. The third-order valence-corrected chi connectivity index (χ3v) is 7.14. The van der Waals surface area contributed by atoms with Gasteiger partial charge in [0.15, 0.2) is 0 Å². The van der Waals surface area contributed by atoms with E-state index < -0.39 is 0 Å². The first-order valence-corrected chi connectivity index (χ1v) is 12.3. The van der Waals surface area contributed by atoms with Gasteiger partial charge in [0.2, 0.25) is 0 Å². The largest absolute Gasteiger partial charge is 0.385 e. The van der Waals surface area contributed by atoms with Gasteiger partial charge < -0.3 is 15.4 Å². The minimum absolute atomic E-state index is 0.0800. The Morgan fingerprint density at radius 1 is 1.22 bits per heavy atom. The number of hydrogen-bond acceptors (Lipinski definition) is 5. The second-order valence-corrected chi connectivity index (χ2v) is 9.51. The van der Waals surface area contributed by atoms with Crippen LogP contribution in [0.25, 0.3) is 11.1 Å². The summed E-state index contributed by atoms with van der Waals surface area (Å²) in [5, 5.41) is 7.67. The third kappa shape index (κ3) is 6.09. The number of rotatable bonds is 8. The number of benzene rings is 1. The van der Waals surface area contributed by atoms with Gasteiger partial charge in [0.05, 0.1) is 5.02 Å². The summed E-state index contributed by atoms with van der Waals surface area (Å²) in [4.78, 5) is 17.3. The van der Waals surface area contributed by atoms with Crippen LogP contribution in [0.15, 0.2) is 36.5 Å². The quantitative estimate of drug-likeness (QED) is 0.577. The fourth-order valence-corrected chi connectivity index (χ4v) is 4.88. The number of pyridine rings is 1. The van der Waals surface area contributed by atoms with Gasteiger partial charge in [-0.15, -0.1) is 0 Å². The molecule has 2 fully saturated rings. The highest BCUT2D eigenvalue weighted by Gasteiger charge is 2.25. The van der Waals surface area contributed by atoms with Crippen LogP contribution in [-0.2, 0) is 16.0 Å². The first-order chi connectivity index (χ1) is 15.6. The van der Waals surface area contributed by atoms with Crippen molar-refractivity contribution in [3.05, 3.63) is 47.2 Å². The van der Waals surface area contributed by atoms with E-state index in [0.717, 1.165) is 80.9 Å². The maximum Gasteiger partial charge on any atom is 0.143 e. The summed E-state index contributed by atoms with van der Waals surface area (Å²) in [6, 6.07) is 10.8. The first kappa shape index (κ1) is 23.2. The number of Topliss-reactive ketones (excluding diaryl/α,β-unsaturated/α-hetero) is 1. The normalized spacial score (nSPS) is 21.9. The van der Waals surface area contributed by atoms with Gasteiger partial charge in [-0.25, -0.2) is 0 Å². The van der Waals surface area contributed by atoms with Crippen LogP contribution in [0.2, 0.25) is 5.02 Å². The molecule has 0 saturated carbocycles. The van der Waals surface area contributed by atoms with Crippen molar-refractivity contribution in [3.8, 4) is 11.1 Å². The van der Waals surface area contributed by atoms with Gasteiger partial charge in [0, 0.05) is 67.8 Å². The Morgan fingerprint density at radius 3 is 2.81 bits per heavy atom. The molecular weight excluding hydrogens is 422 g/mol. The number of carbonyl (C=O) groups excluding carboxylic acids is 1. The van der Waals surface area contributed by atoms with Crippen LogP contribution in [0.3, 0.4) is 0 Å². The topological polar surface area (TPSA) is 63.2 Å². The number of aromatic nitrogens is 1. The molecule has 2 aromatic rings. The van der Waals surface area contributed by atoms with Crippen molar-refractivity contribution >= 4 is 23.1 Å². The Morgan fingerprint density at radius 2 is 2.06 bits per heavy atom. The number of carbonyl (C=O) groups is 1. The lowest BCUT2D eigenvalue weighted by Crippen LogP contribution is -2.41. The summed E-state index contributed by atoms with van der Waals surface area (Å²) < 4.78 is 5.45. The van der Waals surface area contributed by atoms with Gasteiger partial charge in [0.1, 0.15) is 5.78 Å². The summed E-state index contributed by atoms with van der Waals surface area (Å²) in [7, 11) is 0. The zero-order chi connectivity index (χ0) is 22.3. The van der Waals surface area contributed by atoms with E-state index in [1.165, 1.54) is 0 Å². The smallest absolute Gasteiger partial charge is 0.143 e.